The zero-order valence-electron chi connectivity index (χ0n) is 9.39. The summed E-state index contributed by atoms with van der Waals surface area (Å²) >= 11 is 0. The van der Waals surface area contributed by atoms with Crippen molar-refractivity contribution in [1.29, 1.82) is 0 Å². The van der Waals surface area contributed by atoms with Crippen LogP contribution in [0.4, 0.5) is 0 Å². The van der Waals surface area contributed by atoms with Crippen LogP contribution in [0, 0.1) is 5.92 Å². The predicted molar refractivity (Wildman–Crippen MR) is 59.4 cm³/mol. The first-order valence-electron chi connectivity index (χ1n) is 5.97. The molecule has 2 unspecified atom stereocenters. The molecule has 2 rings (SSSR count). The molecule has 1 N–H and O–H groups in total. The van der Waals surface area contributed by atoms with Crippen molar-refractivity contribution in [2.24, 2.45) is 5.92 Å². The van der Waals surface area contributed by atoms with Crippen LogP contribution in [0.15, 0.2) is 12.4 Å². The Kier molecular flexibility index (Phi) is 3.41. The highest BCUT2D eigenvalue weighted by atomic mass is 16.3. The van der Waals surface area contributed by atoms with Crippen molar-refractivity contribution in [3.63, 3.8) is 0 Å². The van der Waals surface area contributed by atoms with E-state index in [0.717, 1.165) is 11.5 Å². The fourth-order valence-corrected chi connectivity index (χ4v) is 2.53. The van der Waals surface area contributed by atoms with Crippen molar-refractivity contribution < 1.29 is 5.11 Å². The SMILES string of the molecule is CCC1CCCC(n2cc(CO)cn2)C1. The Balaban J connectivity index is 2.03. The molecule has 1 aliphatic rings. The second-order valence-corrected chi connectivity index (χ2v) is 4.58. The summed E-state index contributed by atoms with van der Waals surface area (Å²) in [6, 6.07) is 0.559. The lowest BCUT2D eigenvalue weighted by molar-refractivity contribution is 0.246. The van der Waals surface area contributed by atoms with Gasteiger partial charge in [0.05, 0.1) is 18.8 Å². The summed E-state index contributed by atoms with van der Waals surface area (Å²) in [6.45, 7) is 2.37. The fourth-order valence-electron chi connectivity index (χ4n) is 2.53. The Morgan fingerprint density at radius 1 is 1.53 bits per heavy atom. The van der Waals surface area contributed by atoms with E-state index in [9.17, 15) is 0 Å². The van der Waals surface area contributed by atoms with Gasteiger partial charge >= 0.3 is 0 Å². The second-order valence-electron chi connectivity index (χ2n) is 4.58. The normalized spacial score (nSPS) is 26.8. The van der Waals surface area contributed by atoms with Gasteiger partial charge in [-0.15, -0.1) is 0 Å². The quantitative estimate of drug-likeness (QED) is 0.828. The molecule has 15 heavy (non-hydrogen) atoms. The summed E-state index contributed by atoms with van der Waals surface area (Å²) in [7, 11) is 0. The first-order valence-corrected chi connectivity index (χ1v) is 5.97. The molecule has 1 aromatic rings. The molecule has 0 saturated heterocycles. The minimum atomic E-state index is 0.101. The first kappa shape index (κ1) is 10.7. The number of hydrogen-bond donors (Lipinski definition) is 1. The Labute approximate surface area is 91.1 Å². The molecule has 0 aromatic carbocycles. The molecule has 1 aromatic heterocycles. The van der Waals surface area contributed by atoms with Gasteiger partial charge in [-0.2, -0.15) is 5.10 Å². The molecule has 84 valence electrons. The molecule has 3 nitrogen and oxygen atoms in total. The minimum absolute atomic E-state index is 0.101. The van der Waals surface area contributed by atoms with E-state index in [1.807, 2.05) is 10.9 Å². The van der Waals surface area contributed by atoms with Crippen molar-refractivity contribution in [3.05, 3.63) is 18.0 Å². The number of rotatable bonds is 3. The molecule has 3 heteroatoms. The largest absolute Gasteiger partial charge is 0.392 e. The highest BCUT2D eigenvalue weighted by Gasteiger charge is 2.22. The summed E-state index contributed by atoms with van der Waals surface area (Å²) in [4.78, 5) is 0. The average molecular weight is 208 g/mol. The topological polar surface area (TPSA) is 38.0 Å². The lowest BCUT2D eigenvalue weighted by Crippen LogP contribution is -2.19. The smallest absolute Gasteiger partial charge is 0.0712 e. The maximum absolute atomic E-state index is 8.99. The number of aliphatic hydroxyl groups is 1. The number of hydrogen-bond acceptors (Lipinski definition) is 2. The molecule has 1 aliphatic carbocycles. The third-order valence-electron chi connectivity index (χ3n) is 3.54. The summed E-state index contributed by atoms with van der Waals surface area (Å²) in [5.41, 5.74) is 0.925. The molecule has 1 saturated carbocycles. The number of nitrogens with zero attached hydrogens (tertiary/aromatic N) is 2. The summed E-state index contributed by atoms with van der Waals surface area (Å²) in [5.74, 6) is 0.866. The third kappa shape index (κ3) is 2.40. The minimum Gasteiger partial charge on any atom is -0.392 e. The van der Waals surface area contributed by atoms with E-state index in [-0.39, 0.29) is 6.61 Å². The van der Waals surface area contributed by atoms with Crippen LogP contribution in [0.1, 0.15) is 50.6 Å². The molecule has 0 spiro atoms. The van der Waals surface area contributed by atoms with E-state index in [2.05, 4.69) is 12.0 Å². The van der Waals surface area contributed by atoms with Crippen LogP contribution in [0.3, 0.4) is 0 Å². The van der Waals surface area contributed by atoms with Gasteiger partial charge in [-0.3, -0.25) is 4.68 Å². The Hall–Kier alpha value is -0.830. The standard InChI is InChI=1S/C12H20N2O/c1-2-10-4-3-5-12(6-10)14-8-11(9-15)7-13-14/h7-8,10,12,15H,2-6,9H2,1H3. The zero-order chi connectivity index (χ0) is 10.7. The summed E-state index contributed by atoms with van der Waals surface area (Å²) < 4.78 is 2.05. The van der Waals surface area contributed by atoms with E-state index in [0.29, 0.717) is 6.04 Å². The predicted octanol–water partition coefficient (Wildman–Crippen LogP) is 2.52. The third-order valence-corrected chi connectivity index (χ3v) is 3.54. The molecule has 0 radical (unpaired) electrons. The van der Waals surface area contributed by atoms with Gasteiger partial charge in [-0.25, -0.2) is 0 Å². The molecule has 0 aliphatic heterocycles. The zero-order valence-corrected chi connectivity index (χ0v) is 9.39. The van der Waals surface area contributed by atoms with Crippen LogP contribution in [-0.4, -0.2) is 14.9 Å². The van der Waals surface area contributed by atoms with Gasteiger partial charge in [-0.05, 0) is 18.8 Å². The first-order chi connectivity index (χ1) is 7.33. The molecule has 0 amide bonds. The van der Waals surface area contributed by atoms with E-state index in [4.69, 9.17) is 5.11 Å². The Morgan fingerprint density at radius 3 is 3.07 bits per heavy atom. The van der Waals surface area contributed by atoms with Gasteiger partial charge < -0.3 is 5.11 Å². The van der Waals surface area contributed by atoms with E-state index in [1.165, 1.54) is 32.1 Å². The van der Waals surface area contributed by atoms with Gasteiger partial charge in [0, 0.05) is 11.8 Å². The van der Waals surface area contributed by atoms with Crippen LogP contribution < -0.4 is 0 Å². The maximum atomic E-state index is 8.99. The van der Waals surface area contributed by atoms with Crippen LogP contribution in [0.25, 0.3) is 0 Å². The summed E-state index contributed by atoms with van der Waals surface area (Å²) in [5, 5.41) is 13.3. The molecule has 1 fully saturated rings. The highest BCUT2D eigenvalue weighted by Crippen LogP contribution is 2.33. The van der Waals surface area contributed by atoms with Crippen molar-refractivity contribution in [2.45, 2.75) is 51.7 Å². The average Bonchev–Trinajstić information content (AvgIpc) is 2.78. The van der Waals surface area contributed by atoms with Gasteiger partial charge in [0.15, 0.2) is 0 Å². The van der Waals surface area contributed by atoms with Crippen molar-refractivity contribution >= 4 is 0 Å². The van der Waals surface area contributed by atoms with Crippen LogP contribution in [-0.2, 0) is 6.61 Å². The van der Waals surface area contributed by atoms with Gasteiger partial charge in [0.2, 0.25) is 0 Å². The van der Waals surface area contributed by atoms with Crippen molar-refractivity contribution in [1.82, 2.24) is 9.78 Å². The van der Waals surface area contributed by atoms with Crippen LogP contribution in [0.2, 0.25) is 0 Å². The molecule has 1 heterocycles. The van der Waals surface area contributed by atoms with E-state index in [1.54, 1.807) is 6.20 Å². The molecule has 2 atom stereocenters. The number of aliphatic hydroxyl groups excluding tert-OH is 1. The highest BCUT2D eigenvalue weighted by molar-refractivity contribution is 5.02. The monoisotopic (exact) mass is 208 g/mol. The van der Waals surface area contributed by atoms with Gasteiger partial charge in [-0.1, -0.05) is 26.2 Å². The maximum Gasteiger partial charge on any atom is 0.0712 e. The lowest BCUT2D eigenvalue weighted by Gasteiger charge is -2.28. The van der Waals surface area contributed by atoms with E-state index < -0.39 is 0 Å². The number of aromatic nitrogens is 2. The van der Waals surface area contributed by atoms with E-state index >= 15 is 0 Å². The van der Waals surface area contributed by atoms with Gasteiger partial charge in [0.1, 0.15) is 0 Å². The second kappa shape index (κ2) is 4.79. The fraction of sp³-hybridized carbons (Fsp3) is 0.750. The van der Waals surface area contributed by atoms with Crippen molar-refractivity contribution in [2.75, 3.05) is 0 Å². The summed E-state index contributed by atoms with van der Waals surface area (Å²) in [6.07, 6.45) is 10.2. The molecular formula is C12H20N2O. The Bertz CT molecular complexity index is 308. The van der Waals surface area contributed by atoms with Crippen LogP contribution in [0.5, 0.6) is 0 Å². The van der Waals surface area contributed by atoms with Gasteiger partial charge in [0.25, 0.3) is 0 Å². The van der Waals surface area contributed by atoms with Crippen molar-refractivity contribution in [3.8, 4) is 0 Å². The lowest BCUT2D eigenvalue weighted by atomic mass is 9.84. The van der Waals surface area contributed by atoms with Crippen LogP contribution >= 0.6 is 0 Å². The molecule has 0 bridgehead atoms. The molecular weight excluding hydrogens is 188 g/mol. The Morgan fingerprint density at radius 2 is 2.40 bits per heavy atom.